The fourth-order valence-electron chi connectivity index (χ4n) is 1.74. The second-order valence-electron chi connectivity index (χ2n) is 3.98. The van der Waals surface area contributed by atoms with Crippen LogP contribution in [0.2, 0.25) is 5.02 Å². The molecule has 5 heteroatoms. The Kier molecular flexibility index (Phi) is 3.67. The van der Waals surface area contributed by atoms with Crippen LogP contribution in [0.5, 0.6) is 0 Å². The van der Waals surface area contributed by atoms with E-state index in [9.17, 15) is 4.79 Å². The van der Waals surface area contributed by atoms with Crippen LogP contribution in [-0.2, 0) is 11.2 Å². The van der Waals surface area contributed by atoms with Crippen molar-refractivity contribution in [1.29, 1.82) is 0 Å². The maximum atomic E-state index is 10.6. The predicted octanol–water partition coefficient (Wildman–Crippen LogP) is 3.32. The number of nitrogens with zero attached hydrogens (tertiary/aromatic N) is 1. The van der Waals surface area contributed by atoms with Gasteiger partial charge in [0.05, 0.1) is 5.69 Å². The van der Waals surface area contributed by atoms with Gasteiger partial charge in [0.2, 0.25) is 0 Å². The van der Waals surface area contributed by atoms with E-state index in [4.69, 9.17) is 21.2 Å². The highest BCUT2D eigenvalue weighted by molar-refractivity contribution is 6.30. The minimum Gasteiger partial charge on any atom is -0.481 e. The van der Waals surface area contributed by atoms with Gasteiger partial charge in [-0.15, -0.1) is 0 Å². The Hall–Kier alpha value is -1.81. The molecule has 0 saturated carbocycles. The molecule has 4 nitrogen and oxygen atoms in total. The van der Waals surface area contributed by atoms with E-state index in [1.54, 1.807) is 19.1 Å². The van der Waals surface area contributed by atoms with Gasteiger partial charge in [0.15, 0.2) is 5.76 Å². The molecule has 0 aliphatic carbocycles. The van der Waals surface area contributed by atoms with Gasteiger partial charge in [0, 0.05) is 22.6 Å². The maximum absolute atomic E-state index is 10.6. The lowest BCUT2D eigenvalue weighted by Crippen LogP contribution is -1.98. The van der Waals surface area contributed by atoms with Gasteiger partial charge in [0.1, 0.15) is 0 Å². The number of carboxylic acid groups (broad SMARTS) is 1. The highest BCUT2D eigenvalue weighted by atomic mass is 35.5. The molecule has 2 aromatic rings. The second-order valence-corrected chi connectivity index (χ2v) is 4.41. The quantitative estimate of drug-likeness (QED) is 0.921. The first-order chi connectivity index (χ1) is 8.58. The summed E-state index contributed by atoms with van der Waals surface area (Å²) in [5.41, 5.74) is 2.40. The molecule has 0 bridgehead atoms. The molecule has 0 fully saturated rings. The topological polar surface area (TPSA) is 63.3 Å². The van der Waals surface area contributed by atoms with E-state index in [0.29, 0.717) is 17.2 Å². The Morgan fingerprint density at radius 2 is 2.06 bits per heavy atom. The number of halogens is 1. The third-order valence-corrected chi connectivity index (χ3v) is 2.93. The number of benzene rings is 1. The zero-order valence-electron chi connectivity index (χ0n) is 9.81. The van der Waals surface area contributed by atoms with Crippen molar-refractivity contribution < 1.29 is 14.4 Å². The standard InChI is InChI=1S/C13H12ClNO3/c1-8-11(6-7-12(16)17)13(18-15-8)9-2-4-10(14)5-3-9/h2-5H,6-7H2,1H3,(H,16,17). The SMILES string of the molecule is Cc1noc(-c2ccc(Cl)cc2)c1CCC(=O)O. The van der Waals surface area contributed by atoms with Crippen LogP contribution < -0.4 is 0 Å². The fourth-order valence-corrected chi connectivity index (χ4v) is 1.87. The van der Waals surface area contributed by atoms with Crippen molar-refractivity contribution in [1.82, 2.24) is 5.16 Å². The van der Waals surface area contributed by atoms with Crippen LogP contribution in [0.25, 0.3) is 11.3 Å². The van der Waals surface area contributed by atoms with Gasteiger partial charge in [-0.2, -0.15) is 0 Å². The van der Waals surface area contributed by atoms with Gasteiger partial charge in [-0.1, -0.05) is 16.8 Å². The molecule has 1 heterocycles. The minimum absolute atomic E-state index is 0.0582. The van der Waals surface area contributed by atoms with E-state index >= 15 is 0 Å². The van der Waals surface area contributed by atoms with Gasteiger partial charge in [-0.05, 0) is 37.6 Å². The van der Waals surface area contributed by atoms with Crippen LogP contribution in [0.1, 0.15) is 17.7 Å². The molecule has 18 heavy (non-hydrogen) atoms. The molecule has 0 amide bonds. The maximum Gasteiger partial charge on any atom is 0.303 e. The monoisotopic (exact) mass is 265 g/mol. The molecule has 0 atom stereocenters. The first kappa shape index (κ1) is 12.6. The summed E-state index contributed by atoms with van der Waals surface area (Å²) in [4.78, 5) is 10.6. The van der Waals surface area contributed by atoms with Crippen LogP contribution >= 0.6 is 11.6 Å². The average Bonchev–Trinajstić information content (AvgIpc) is 2.69. The number of aliphatic carboxylic acids is 1. The summed E-state index contributed by atoms with van der Waals surface area (Å²) in [5, 5.41) is 13.3. The molecule has 0 aliphatic heterocycles. The van der Waals surface area contributed by atoms with Crippen molar-refractivity contribution in [2.75, 3.05) is 0 Å². The molecule has 0 saturated heterocycles. The molecule has 2 rings (SSSR count). The summed E-state index contributed by atoms with van der Waals surface area (Å²) in [5.74, 6) is -0.219. The van der Waals surface area contributed by atoms with E-state index in [0.717, 1.165) is 16.8 Å². The van der Waals surface area contributed by atoms with E-state index in [1.165, 1.54) is 0 Å². The summed E-state index contributed by atoms with van der Waals surface area (Å²) in [6.07, 6.45) is 0.464. The van der Waals surface area contributed by atoms with Crippen LogP contribution in [0, 0.1) is 6.92 Å². The van der Waals surface area contributed by atoms with E-state index < -0.39 is 5.97 Å². The highest BCUT2D eigenvalue weighted by Gasteiger charge is 2.15. The average molecular weight is 266 g/mol. The summed E-state index contributed by atoms with van der Waals surface area (Å²) in [6.45, 7) is 1.81. The van der Waals surface area contributed by atoms with E-state index in [1.807, 2.05) is 12.1 Å². The Balaban J connectivity index is 2.33. The largest absolute Gasteiger partial charge is 0.481 e. The number of carboxylic acids is 1. The molecule has 0 radical (unpaired) electrons. The second kappa shape index (κ2) is 5.23. The minimum atomic E-state index is -0.836. The molecule has 0 spiro atoms. The Morgan fingerprint density at radius 1 is 1.39 bits per heavy atom. The molecule has 1 aromatic heterocycles. The van der Waals surface area contributed by atoms with Crippen molar-refractivity contribution in [3.05, 3.63) is 40.5 Å². The lowest BCUT2D eigenvalue weighted by molar-refractivity contribution is -0.136. The first-order valence-corrected chi connectivity index (χ1v) is 5.88. The van der Waals surface area contributed by atoms with Gasteiger partial charge < -0.3 is 9.63 Å². The zero-order valence-corrected chi connectivity index (χ0v) is 10.6. The first-order valence-electron chi connectivity index (χ1n) is 5.51. The Morgan fingerprint density at radius 3 is 2.67 bits per heavy atom. The normalized spacial score (nSPS) is 10.6. The lowest BCUT2D eigenvalue weighted by atomic mass is 10.0. The molecule has 94 valence electrons. The summed E-state index contributed by atoms with van der Waals surface area (Å²) in [6, 6.07) is 7.17. The molecular formula is C13H12ClNO3. The molecule has 0 aliphatic rings. The highest BCUT2D eigenvalue weighted by Crippen LogP contribution is 2.28. The van der Waals surface area contributed by atoms with Crippen molar-refractivity contribution in [2.45, 2.75) is 19.8 Å². The number of hydrogen-bond donors (Lipinski definition) is 1. The number of hydrogen-bond acceptors (Lipinski definition) is 3. The van der Waals surface area contributed by atoms with Crippen molar-refractivity contribution in [3.63, 3.8) is 0 Å². The number of rotatable bonds is 4. The summed E-state index contributed by atoms with van der Waals surface area (Å²) < 4.78 is 5.27. The van der Waals surface area contributed by atoms with E-state index in [-0.39, 0.29) is 6.42 Å². The molecule has 0 unspecified atom stereocenters. The smallest absolute Gasteiger partial charge is 0.303 e. The fraction of sp³-hybridized carbons (Fsp3) is 0.231. The van der Waals surface area contributed by atoms with Crippen molar-refractivity contribution >= 4 is 17.6 Å². The Bertz CT molecular complexity index is 560. The van der Waals surface area contributed by atoms with Crippen LogP contribution in [-0.4, -0.2) is 16.2 Å². The van der Waals surface area contributed by atoms with Gasteiger partial charge >= 0.3 is 5.97 Å². The third kappa shape index (κ3) is 2.71. The zero-order chi connectivity index (χ0) is 13.1. The Labute approximate surface area is 109 Å². The van der Waals surface area contributed by atoms with Crippen LogP contribution in [0.4, 0.5) is 0 Å². The van der Waals surface area contributed by atoms with Crippen molar-refractivity contribution in [2.24, 2.45) is 0 Å². The summed E-state index contributed by atoms with van der Waals surface area (Å²) >= 11 is 5.82. The molecule has 1 N–H and O–H groups in total. The van der Waals surface area contributed by atoms with E-state index in [2.05, 4.69) is 5.16 Å². The lowest BCUT2D eigenvalue weighted by Gasteiger charge is -2.01. The third-order valence-electron chi connectivity index (χ3n) is 2.68. The van der Waals surface area contributed by atoms with Crippen LogP contribution in [0.15, 0.2) is 28.8 Å². The molecule has 1 aromatic carbocycles. The molecular weight excluding hydrogens is 254 g/mol. The predicted molar refractivity (Wildman–Crippen MR) is 67.6 cm³/mol. The van der Waals surface area contributed by atoms with Gasteiger partial charge in [-0.25, -0.2) is 0 Å². The van der Waals surface area contributed by atoms with Crippen molar-refractivity contribution in [3.8, 4) is 11.3 Å². The number of aromatic nitrogens is 1. The summed E-state index contributed by atoms with van der Waals surface area (Å²) in [7, 11) is 0. The van der Waals surface area contributed by atoms with Crippen LogP contribution in [0.3, 0.4) is 0 Å². The number of aryl methyl sites for hydroxylation is 1. The van der Waals surface area contributed by atoms with Gasteiger partial charge in [-0.3, -0.25) is 4.79 Å². The number of carbonyl (C=O) groups is 1. The van der Waals surface area contributed by atoms with Gasteiger partial charge in [0.25, 0.3) is 0 Å².